The predicted molar refractivity (Wildman–Crippen MR) is 112 cm³/mol. The van der Waals surface area contributed by atoms with Crippen LogP contribution in [0.5, 0.6) is 5.75 Å². The summed E-state index contributed by atoms with van der Waals surface area (Å²) >= 11 is 1.22. The Morgan fingerprint density at radius 2 is 1.83 bits per heavy atom. The quantitative estimate of drug-likeness (QED) is 0.556. The fraction of sp³-hybridized carbons (Fsp3) is 0.300. The van der Waals surface area contributed by atoms with Gasteiger partial charge in [0.15, 0.2) is 0 Å². The van der Waals surface area contributed by atoms with Crippen LogP contribution in [0.4, 0.5) is 0 Å². The molecule has 7 nitrogen and oxygen atoms in total. The number of carbonyl (C=O) groups is 1. The van der Waals surface area contributed by atoms with Gasteiger partial charge in [-0.1, -0.05) is 31.3 Å². The van der Waals surface area contributed by atoms with Crippen molar-refractivity contribution in [1.82, 2.24) is 4.57 Å². The molecule has 29 heavy (non-hydrogen) atoms. The molecule has 0 radical (unpaired) electrons. The highest BCUT2D eigenvalue weighted by Gasteiger charge is 2.17. The van der Waals surface area contributed by atoms with E-state index in [4.69, 9.17) is 9.47 Å². The fourth-order valence-electron chi connectivity index (χ4n) is 2.77. The summed E-state index contributed by atoms with van der Waals surface area (Å²) in [5.41, 5.74) is 1.85. The van der Waals surface area contributed by atoms with Gasteiger partial charge in [-0.3, -0.25) is 4.79 Å². The van der Waals surface area contributed by atoms with Gasteiger partial charge < -0.3 is 14.0 Å². The van der Waals surface area contributed by atoms with E-state index in [1.807, 2.05) is 18.2 Å². The molecule has 0 saturated carbocycles. The van der Waals surface area contributed by atoms with E-state index >= 15 is 0 Å². The summed E-state index contributed by atoms with van der Waals surface area (Å²) in [6, 6.07) is 11.8. The zero-order valence-electron chi connectivity index (χ0n) is 16.6. The van der Waals surface area contributed by atoms with E-state index < -0.39 is 16.0 Å². The van der Waals surface area contributed by atoms with Crippen LogP contribution < -0.4 is 9.54 Å². The summed E-state index contributed by atoms with van der Waals surface area (Å²) in [7, 11) is -1.17. The van der Waals surface area contributed by atoms with E-state index in [-0.39, 0.29) is 16.2 Å². The van der Waals surface area contributed by atoms with Crippen LogP contribution in [0.3, 0.4) is 0 Å². The van der Waals surface area contributed by atoms with Crippen LogP contribution in [-0.2, 0) is 26.1 Å². The van der Waals surface area contributed by atoms with Crippen LogP contribution in [0.1, 0.15) is 25.3 Å². The molecule has 0 N–H and O–H groups in total. The molecule has 9 heteroatoms. The third-order valence-electron chi connectivity index (χ3n) is 4.44. The normalized spacial score (nSPS) is 12.5. The van der Waals surface area contributed by atoms with Crippen molar-refractivity contribution in [3.63, 3.8) is 0 Å². The number of benzene rings is 2. The van der Waals surface area contributed by atoms with Crippen molar-refractivity contribution in [1.29, 1.82) is 0 Å². The van der Waals surface area contributed by atoms with E-state index in [0.29, 0.717) is 11.7 Å². The molecule has 0 unspecified atom stereocenters. The summed E-state index contributed by atoms with van der Waals surface area (Å²) in [5, 5.41) is 0. The van der Waals surface area contributed by atoms with Crippen molar-refractivity contribution >= 4 is 37.5 Å². The lowest BCUT2D eigenvalue weighted by Gasteiger charge is -2.07. The van der Waals surface area contributed by atoms with Crippen LogP contribution in [0, 0.1) is 0 Å². The van der Waals surface area contributed by atoms with Gasteiger partial charge in [0.1, 0.15) is 12.3 Å². The van der Waals surface area contributed by atoms with Gasteiger partial charge in [0, 0.05) is 0 Å². The second-order valence-corrected chi connectivity index (χ2v) is 9.28. The Kier molecular flexibility index (Phi) is 6.09. The SMILES string of the molecule is COC(=O)Cn1c(=NS(=O)(=O)c2ccc(OC)cc2)sc2cc(C(C)C)ccc21. The number of hydrogen-bond acceptors (Lipinski definition) is 6. The summed E-state index contributed by atoms with van der Waals surface area (Å²) in [6.45, 7) is 4.03. The second kappa shape index (κ2) is 8.38. The average Bonchev–Trinajstić information content (AvgIpc) is 3.03. The van der Waals surface area contributed by atoms with Crippen molar-refractivity contribution in [3.8, 4) is 5.75 Å². The Balaban J connectivity index is 2.19. The number of hydrogen-bond donors (Lipinski definition) is 0. The predicted octanol–water partition coefficient (Wildman–Crippen LogP) is 3.30. The Morgan fingerprint density at radius 1 is 1.14 bits per heavy atom. The van der Waals surface area contributed by atoms with Crippen LogP contribution >= 0.6 is 11.3 Å². The topological polar surface area (TPSA) is 87.0 Å². The molecule has 0 aliphatic rings. The van der Waals surface area contributed by atoms with Gasteiger partial charge in [-0.25, -0.2) is 0 Å². The largest absolute Gasteiger partial charge is 0.497 e. The standard InChI is InChI=1S/C20H22N2O5S2/c1-13(2)14-5-10-17-18(11-14)28-20(22(17)12-19(23)27-4)21-29(24,25)16-8-6-15(26-3)7-9-16/h5-11,13H,12H2,1-4H3. The minimum atomic E-state index is -3.97. The number of carbonyl (C=O) groups excluding carboxylic acids is 1. The minimum absolute atomic E-state index is 0.0447. The lowest BCUT2D eigenvalue weighted by Crippen LogP contribution is -2.22. The maximum atomic E-state index is 12.8. The average molecular weight is 435 g/mol. The highest BCUT2D eigenvalue weighted by Crippen LogP contribution is 2.24. The highest BCUT2D eigenvalue weighted by atomic mass is 32.2. The van der Waals surface area contributed by atoms with E-state index in [1.165, 1.54) is 37.7 Å². The van der Waals surface area contributed by atoms with Gasteiger partial charge >= 0.3 is 5.97 Å². The molecule has 0 spiro atoms. The van der Waals surface area contributed by atoms with Gasteiger partial charge in [0.25, 0.3) is 10.0 Å². The Labute approximate surface area is 173 Å². The number of nitrogens with zero attached hydrogens (tertiary/aromatic N) is 2. The summed E-state index contributed by atoms with van der Waals surface area (Å²) in [5.74, 6) is 0.382. The summed E-state index contributed by atoms with van der Waals surface area (Å²) < 4.78 is 41.9. The van der Waals surface area contributed by atoms with E-state index in [1.54, 1.807) is 16.7 Å². The van der Waals surface area contributed by atoms with Crippen molar-refractivity contribution < 1.29 is 22.7 Å². The maximum Gasteiger partial charge on any atom is 0.325 e. The lowest BCUT2D eigenvalue weighted by molar-refractivity contribution is -0.141. The molecule has 3 aromatic rings. The molecule has 3 rings (SSSR count). The molecule has 1 heterocycles. The first-order chi connectivity index (χ1) is 13.7. The zero-order chi connectivity index (χ0) is 21.2. The molecule has 0 saturated heterocycles. The van der Waals surface area contributed by atoms with Crippen molar-refractivity contribution in [2.75, 3.05) is 14.2 Å². The summed E-state index contributed by atoms with van der Waals surface area (Å²) in [6.07, 6.45) is 0. The molecule has 1 aromatic heterocycles. The molecular weight excluding hydrogens is 412 g/mol. The smallest absolute Gasteiger partial charge is 0.325 e. The zero-order valence-corrected chi connectivity index (χ0v) is 18.2. The Bertz CT molecular complexity index is 1210. The third kappa shape index (κ3) is 4.51. The van der Waals surface area contributed by atoms with E-state index in [2.05, 4.69) is 18.2 Å². The highest BCUT2D eigenvalue weighted by molar-refractivity contribution is 7.90. The van der Waals surface area contributed by atoms with Gasteiger partial charge in [0.2, 0.25) is 4.80 Å². The molecule has 0 bridgehead atoms. The first-order valence-electron chi connectivity index (χ1n) is 8.90. The number of sulfonamides is 1. The Morgan fingerprint density at radius 3 is 2.41 bits per heavy atom. The fourth-order valence-corrected chi connectivity index (χ4v) is 5.05. The third-order valence-corrected chi connectivity index (χ3v) is 6.88. The number of fused-ring (bicyclic) bond motifs is 1. The van der Waals surface area contributed by atoms with Gasteiger partial charge in [-0.2, -0.15) is 8.42 Å². The van der Waals surface area contributed by atoms with Crippen molar-refractivity contribution in [3.05, 3.63) is 52.8 Å². The number of methoxy groups -OCH3 is 2. The van der Waals surface area contributed by atoms with Gasteiger partial charge in [-0.15, -0.1) is 4.40 Å². The number of thiazole rings is 1. The first-order valence-corrected chi connectivity index (χ1v) is 11.2. The van der Waals surface area contributed by atoms with Gasteiger partial charge in [0.05, 0.1) is 29.3 Å². The van der Waals surface area contributed by atoms with Crippen molar-refractivity contribution in [2.24, 2.45) is 4.40 Å². The first kappa shape index (κ1) is 21.1. The van der Waals surface area contributed by atoms with Crippen LogP contribution in [0.25, 0.3) is 10.2 Å². The lowest BCUT2D eigenvalue weighted by atomic mass is 10.0. The van der Waals surface area contributed by atoms with Crippen LogP contribution in [0.15, 0.2) is 51.8 Å². The molecule has 0 atom stereocenters. The molecule has 0 amide bonds. The number of aromatic nitrogens is 1. The molecular formula is C20H22N2O5S2. The van der Waals surface area contributed by atoms with Crippen LogP contribution in [-0.4, -0.2) is 33.2 Å². The van der Waals surface area contributed by atoms with Gasteiger partial charge in [-0.05, 0) is 47.9 Å². The maximum absolute atomic E-state index is 12.8. The monoisotopic (exact) mass is 434 g/mol. The molecule has 154 valence electrons. The van der Waals surface area contributed by atoms with Crippen molar-refractivity contribution in [2.45, 2.75) is 31.2 Å². The molecule has 0 aliphatic carbocycles. The van der Waals surface area contributed by atoms with Crippen LogP contribution in [0.2, 0.25) is 0 Å². The second-order valence-electron chi connectivity index (χ2n) is 6.67. The van der Waals surface area contributed by atoms with E-state index in [0.717, 1.165) is 15.8 Å². The molecule has 0 fully saturated rings. The molecule has 2 aromatic carbocycles. The molecule has 0 aliphatic heterocycles. The number of esters is 1. The number of rotatable bonds is 6. The minimum Gasteiger partial charge on any atom is -0.497 e. The van der Waals surface area contributed by atoms with E-state index in [9.17, 15) is 13.2 Å². The summed E-state index contributed by atoms with van der Waals surface area (Å²) in [4.78, 5) is 12.2. The Hall–Kier alpha value is -2.65. The number of ether oxygens (including phenoxy) is 2.